The maximum absolute atomic E-state index is 12.4. The van der Waals surface area contributed by atoms with Gasteiger partial charge in [0, 0.05) is 19.3 Å². The van der Waals surface area contributed by atoms with Crippen LogP contribution < -0.4 is 9.62 Å². The van der Waals surface area contributed by atoms with Crippen molar-refractivity contribution in [3.05, 3.63) is 34.2 Å². The molecule has 0 atom stereocenters. The molecule has 0 aliphatic carbocycles. The standard InChI is InChI=1S/C13H14BrN3O2S2/c14-11-5-6-12(20-11)21(18,19)16-10-4-3-7-15-13(10)17-8-1-2-9-17/h3-7,16H,1-2,8-9H2. The van der Waals surface area contributed by atoms with Crippen LogP contribution in [0, 0.1) is 0 Å². The molecule has 3 heterocycles. The van der Waals surface area contributed by atoms with E-state index in [4.69, 9.17) is 0 Å². The summed E-state index contributed by atoms with van der Waals surface area (Å²) in [6.45, 7) is 1.83. The maximum Gasteiger partial charge on any atom is 0.271 e. The Labute approximate surface area is 136 Å². The van der Waals surface area contributed by atoms with Crippen molar-refractivity contribution in [3.63, 3.8) is 0 Å². The minimum atomic E-state index is -3.57. The largest absolute Gasteiger partial charge is 0.355 e. The fraction of sp³-hybridized carbons (Fsp3) is 0.308. The van der Waals surface area contributed by atoms with Gasteiger partial charge in [0.15, 0.2) is 5.82 Å². The van der Waals surface area contributed by atoms with Crippen LogP contribution in [0.25, 0.3) is 0 Å². The summed E-state index contributed by atoms with van der Waals surface area (Å²) in [6, 6.07) is 6.80. The number of halogens is 1. The van der Waals surface area contributed by atoms with Gasteiger partial charge < -0.3 is 4.90 Å². The van der Waals surface area contributed by atoms with Crippen LogP contribution in [0.1, 0.15) is 12.8 Å². The molecular formula is C13H14BrN3O2S2. The Kier molecular flexibility index (Phi) is 4.19. The van der Waals surface area contributed by atoms with E-state index in [0.717, 1.165) is 29.7 Å². The van der Waals surface area contributed by atoms with Gasteiger partial charge in [0.1, 0.15) is 4.21 Å². The van der Waals surface area contributed by atoms with Gasteiger partial charge in [0.2, 0.25) is 0 Å². The summed E-state index contributed by atoms with van der Waals surface area (Å²) >= 11 is 4.47. The number of thiophene rings is 1. The third-order valence-corrected chi connectivity index (χ3v) is 6.73. The molecule has 1 fully saturated rings. The number of sulfonamides is 1. The SMILES string of the molecule is O=S(=O)(Nc1cccnc1N1CCCC1)c1ccc(Br)s1. The molecule has 1 saturated heterocycles. The first-order valence-electron chi connectivity index (χ1n) is 6.54. The van der Waals surface area contributed by atoms with Gasteiger partial charge in [-0.15, -0.1) is 11.3 Å². The number of pyridine rings is 1. The van der Waals surface area contributed by atoms with Crippen LogP contribution in [0.4, 0.5) is 11.5 Å². The van der Waals surface area contributed by atoms with Crippen molar-refractivity contribution in [2.45, 2.75) is 17.1 Å². The van der Waals surface area contributed by atoms with E-state index >= 15 is 0 Å². The highest BCUT2D eigenvalue weighted by molar-refractivity contribution is 9.11. The zero-order valence-electron chi connectivity index (χ0n) is 11.1. The van der Waals surface area contributed by atoms with E-state index in [1.54, 1.807) is 30.5 Å². The van der Waals surface area contributed by atoms with Gasteiger partial charge in [-0.25, -0.2) is 13.4 Å². The molecule has 1 N–H and O–H groups in total. The van der Waals surface area contributed by atoms with Gasteiger partial charge in [-0.1, -0.05) is 0 Å². The number of hydrogen-bond acceptors (Lipinski definition) is 5. The lowest BCUT2D eigenvalue weighted by atomic mass is 10.4. The topological polar surface area (TPSA) is 62.3 Å². The predicted molar refractivity (Wildman–Crippen MR) is 88.5 cm³/mol. The fourth-order valence-corrected chi connectivity index (χ4v) is 5.37. The van der Waals surface area contributed by atoms with E-state index in [0.29, 0.717) is 11.5 Å². The van der Waals surface area contributed by atoms with Crippen molar-refractivity contribution < 1.29 is 8.42 Å². The molecule has 3 rings (SSSR count). The summed E-state index contributed by atoms with van der Waals surface area (Å²) in [7, 11) is -3.57. The van der Waals surface area contributed by atoms with Gasteiger partial charge in [-0.2, -0.15) is 0 Å². The second-order valence-electron chi connectivity index (χ2n) is 4.73. The van der Waals surface area contributed by atoms with Crippen molar-refractivity contribution in [1.29, 1.82) is 0 Å². The first kappa shape index (κ1) is 14.8. The van der Waals surface area contributed by atoms with Crippen LogP contribution in [-0.4, -0.2) is 26.5 Å². The Morgan fingerprint density at radius 3 is 2.67 bits per heavy atom. The number of nitrogens with zero attached hydrogens (tertiary/aromatic N) is 2. The average Bonchev–Trinajstić information content (AvgIpc) is 3.10. The Morgan fingerprint density at radius 2 is 2.00 bits per heavy atom. The van der Waals surface area contributed by atoms with E-state index in [1.807, 2.05) is 0 Å². The van der Waals surface area contributed by atoms with Crippen LogP contribution in [0.3, 0.4) is 0 Å². The lowest BCUT2D eigenvalue weighted by Gasteiger charge is -2.20. The van der Waals surface area contributed by atoms with Crippen molar-refractivity contribution in [2.24, 2.45) is 0 Å². The van der Waals surface area contributed by atoms with Crippen molar-refractivity contribution >= 4 is 48.8 Å². The van der Waals surface area contributed by atoms with Gasteiger partial charge in [0.05, 0.1) is 9.47 Å². The maximum atomic E-state index is 12.4. The van der Waals surface area contributed by atoms with E-state index in [-0.39, 0.29) is 4.21 Å². The Hall–Kier alpha value is -1.12. The fourth-order valence-electron chi connectivity index (χ4n) is 2.29. The predicted octanol–water partition coefficient (Wildman–Crippen LogP) is 3.31. The molecule has 1 aliphatic rings. The molecule has 112 valence electrons. The average molecular weight is 388 g/mol. The molecule has 21 heavy (non-hydrogen) atoms. The van der Waals surface area contributed by atoms with Crippen molar-refractivity contribution in [2.75, 3.05) is 22.7 Å². The van der Waals surface area contributed by atoms with E-state index in [1.165, 1.54) is 11.3 Å². The van der Waals surface area contributed by atoms with Gasteiger partial charge in [0.25, 0.3) is 10.0 Å². The van der Waals surface area contributed by atoms with Crippen LogP contribution in [0.15, 0.2) is 38.5 Å². The molecule has 0 bridgehead atoms. The van der Waals surface area contributed by atoms with Gasteiger partial charge >= 0.3 is 0 Å². The van der Waals surface area contributed by atoms with Crippen molar-refractivity contribution in [3.8, 4) is 0 Å². The molecule has 8 heteroatoms. The smallest absolute Gasteiger partial charge is 0.271 e. The molecular weight excluding hydrogens is 374 g/mol. The Morgan fingerprint density at radius 1 is 1.24 bits per heavy atom. The summed E-state index contributed by atoms with van der Waals surface area (Å²) < 4.78 is 28.5. The molecule has 0 aromatic carbocycles. The van der Waals surface area contributed by atoms with Crippen LogP contribution in [-0.2, 0) is 10.0 Å². The molecule has 2 aromatic rings. The van der Waals surface area contributed by atoms with E-state index in [2.05, 4.69) is 30.5 Å². The van der Waals surface area contributed by atoms with Crippen molar-refractivity contribution in [1.82, 2.24) is 4.98 Å². The third-order valence-electron chi connectivity index (χ3n) is 3.25. The molecule has 2 aromatic heterocycles. The van der Waals surface area contributed by atoms with Gasteiger partial charge in [-0.3, -0.25) is 4.72 Å². The molecule has 0 radical (unpaired) electrons. The highest BCUT2D eigenvalue weighted by atomic mass is 79.9. The van der Waals surface area contributed by atoms with Gasteiger partial charge in [-0.05, 0) is 53.0 Å². The third kappa shape index (κ3) is 3.22. The molecule has 5 nitrogen and oxygen atoms in total. The number of rotatable bonds is 4. The quantitative estimate of drug-likeness (QED) is 0.873. The molecule has 0 amide bonds. The Bertz CT molecular complexity index is 739. The molecule has 0 saturated carbocycles. The zero-order valence-corrected chi connectivity index (χ0v) is 14.3. The first-order valence-corrected chi connectivity index (χ1v) is 9.64. The molecule has 0 spiro atoms. The lowest BCUT2D eigenvalue weighted by molar-refractivity contribution is 0.603. The number of nitrogens with one attached hydrogen (secondary N) is 1. The van der Waals surface area contributed by atoms with E-state index in [9.17, 15) is 8.42 Å². The second kappa shape index (κ2) is 5.94. The summed E-state index contributed by atoms with van der Waals surface area (Å²) in [5.74, 6) is 0.703. The minimum absolute atomic E-state index is 0.283. The summed E-state index contributed by atoms with van der Waals surface area (Å²) in [4.78, 5) is 6.45. The Balaban J connectivity index is 1.91. The van der Waals surface area contributed by atoms with Crippen LogP contribution in [0.5, 0.6) is 0 Å². The van der Waals surface area contributed by atoms with E-state index < -0.39 is 10.0 Å². The van der Waals surface area contributed by atoms with Crippen LogP contribution >= 0.6 is 27.3 Å². The molecule has 1 aliphatic heterocycles. The minimum Gasteiger partial charge on any atom is -0.355 e. The number of anilines is 2. The first-order chi connectivity index (χ1) is 10.1. The monoisotopic (exact) mass is 387 g/mol. The lowest BCUT2D eigenvalue weighted by Crippen LogP contribution is -2.22. The van der Waals surface area contributed by atoms with Crippen LogP contribution in [0.2, 0.25) is 0 Å². The highest BCUT2D eigenvalue weighted by Gasteiger charge is 2.22. The number of hydrogen-bond donors (Lipinski definition) is 1. The summed E-state index contributed by atoms with van der Waals surface area (Å²) in [5, 5.41) is 0. The summed E-state index contributed by atoms with van der Waals surface area (Å²) in [5.41, 5.74) is 0.531. The number of aromatic nitrogens is 1. The molecule has 0 unspecified atom stereocenters. The summed E-state index contributed by atoms with van der Waals surface area (Å²) in [6.07, 6.45) is 3.91. The second-order valence-corrected chi connectivity index (χ2v) is 9.11. The normalized spacial score (nSPS) is 15.4. The highest BCUT2D eigenvalue weighted by Crippen LogP contribution is 2.31. The zero-order chi connectivity index (χ0) is 14.9.